The van der Waals surface area contributed by atoms with Crippen LogP contribution in [0.25, 0.3) is 5.65 Å². The molecule has 3 aromatic rings. The number of nitrogens with one attached hydrogen (secondary N) is 2. The lowest BCUT2D eigenvalue weighted by molar-refractivity contribution is -0.141. The fourth-order valence-electron chi connectivity index (χ4n) is 5.09. The van der Waals surface area contributed by atoms with Crippen molar-refractivity contribution in [3.05, 3.63) is 70.6 Å². The molecule has 4 rings (SSSR count). The average molecular weight is 624 g/mol. The molecule has 1 aromatic carbocycles. The number of hydrogen-bond donors (Lipinski definition) is 2. The first kappa shape index (κ1) is 30.3. The van der Waals surface area contributed by atoms with Gasteiger partial charge in [0.05, 0.1) is 6.04 Å². The van der Waals surface area contributed by atoms with Crippen molar-refractivity contribution in [1.29, 1.82) is 0 Å². The van der Waals surface area contributed by atoms with Gasteiger partial charge in [-0.3, -0.25) is 24.0 Å². The molecular formula is C31H35BrN4O5. The third kappa shape index (κ3) is 8.19. The average Bonchev–Trinajstić information content (AvgIpc) is 3.52. The molecule has 10 heteroatoms. The zero-order valence-electron chi connectivity index (χ0n) is 23.5. The number of nitrogens with zero attached hydrogens (tertiary/aromatic N) is 2. The van der Waals surface area contributed by atoms with Crippen LogP contribution in [0.1, 0.15) is 68.9 Å². The molecule has 2 amide bonds. The van der Waals surface area contributed by atoms with Gasteiger partial charge in [0.25, 0.3) is 5.91 Å². The number of rotatable bonds is 11. The number of carbonyl (C=O) groups is 5. The number of hydrogen-bond acceptors (Lipinski definition) is 6. The number of Topliss-reactive ketones (excluding diaryl/α,β-unsaturated/α-hetero) is 3. The number of benzene rings is 1. The second kappa shape index (κ2) is 12.9. The number of fused-ring (bicyclic) bond motifs is 1. The summed E-state index contributed by atoms with van der Waals surface area (Å²) in [6, 6.07) is 11.7. The largest absolute Gasteiger partial charge is 0.345 e. The molecule has 1 aliphatic rings. The first-order chi connectivity index (χ1) is 19.4. The van der Waals surface area contributed by atoms with Crippen LogP contribution in [-0.4, -0.2) is 50.1 Å². The van der Waals surface area contributed by atoms with Crippen LogP contribution in [0.15, 0.2) is 59.3 Å². The molecule has 9 nitrogen and oxygen atoms in total. The van der Waals surface area contributed by atoms with Gasteiger partial charge in [-0.05, 0) is 80.1 Å². The van der Waals surface area contributed by atoms with Crippen molar-refractivity contribution in [3.8, 4) is 0 Å². The van der Waals surface area contributed by atoms with Crippen LogP contribution in [-0.2, 0) is 25.6 Å². The summed E-state index contributed by atoms with van der Waals surface area (Å²) < 4.78 is 2.56. The molecule has 3 atom stereocenters. The Bertz CT molecular complexity index is 1460. The number of imidazole rings is 1. The Morgan fingerprint density at radius 3 is 2.46 bits per heavy atom. The Hall–Kier alpha value is -3.66. The minimum absolute atomic E-state index is 0.0303. The second-order valence-corrected chi connectivity index (χ2v) is 12.6. The number of ketones is 3. The highest BCUT2D eigenvalue weighted by Crippen LogP contribution is 2.26. The number of amides is 2. The van der Waals surface area contributed by atoms with E-state index in [-0.39, 0.29) is 36.5 Å². The van der Waals surface area contributed by atoms with Crippen LogP contribution in [0.4, 0.5) is 0 Å². The third-order valence-corrected chi connectivity index (χ3v) is 7.59. The van der Waals surface area contributed by atoms with Gasteiger partial charge in [-0.25, -0.2) is 4.98 Å². The predicted octanol–water partition coefficient (Wildman–Crippen LogP) is 4.26. The van der Waals surface area contributed by atoms with Crippen molar-refractivity contribution >= 4 is 50.7 Å². The minimum Gasteiger partial charge on any atom is -0.345 e. The Morgan fingerprint density at radius 1 is 1.07 bits per heavy atom. The summed E-state index contributed by atoms with van der Waals surface area (Å²) in [6.07, 6.45) is 5.30. The summed E-state index contributed by atoms with van der Waals surface area (Å²) in [4.78, 5) is 70.0. The Labute approximate surface area is 247 Å². The molecule has 41 heavy (non-hydrogen) atoms. The molecule has 0 radical (unpaired) electrons. The molecule has 216 valence electrons. The maximum absolute atomic E-state index is 13.7. The third-order valence-electron chi connectivity index (χ3n) is 7.12. The summed E-state index contributed by atoms with van der Waals surface area (Å²) in [5.41, 5.74) is 1.01. The zero-order chi connectivity index (χ0) is 29.7. The van der Waals surface area contributed by atoms with Gasteiger partial charge < -0.3 is 15.0 Å². The van der Waals surface area contributed by atoms with Gasteiger partial charge in [0.1, 0.15) is 17.1 Å². The Kier molecular flexibility index (Phi) is 9.53. The lowest BCUT2D eigenvalue weighted by Crippen LogP contribution is -2.53. The maximum Gasteiger partial charge on any atom is 0.290 e. The molecular weight excluding hydrogens is 588 g/mol. The van der Waals surface area contributed by atoms with Crippen molar-refractivity contribution in [2.75, 3.05) is 0 Å². The molecule has 2 aromatic heterocycles. The predicted molar refractivity (Wildman–Crippen MR) is 157 cm³/mol. The van der Waals surface area contributed by atoms with Gasteiger partial charge in [0, 0.05) is 47.1 Å². The van der Waals surface area contributed by atoms with Crippen molar-refractivity contribution in [2.45, 2.75) is 70.9 Å². The fraction of sp³-hybridized carbons (Fsp3) is 0.419. The van der Waals surface area contributed by atoms with Gasteiger partial charge in [0.2, 0.25) is 11.7 Å². The standard InChI is InChI=1S/C31H35BrN4O5/c1-31(2,3)35-30(41)28(39)23(15-20-10-7-11-25(20)37)34-29(40)21(14-19-8-5-4-6-9-19)16-26(38)24-18-36-17-22(32)12-13-27(36)33-24/h4-6,8-9,12-13,17-18,20-21,23H,7,10-11,14-16H2,1-3H3,(H,34,40)(H,35,41)/t20-,21+,23-/m0/s1. The van der Waals surface area contributed by atoms with Gasteiger partial charge in [0.15, 0.2) is 5.78 Å². The summed E-state index contributed by atoms with van der Waals surface area (Å²) >= 11 is 3.41. The van der Waals surface area contributed by atoms with Crippen LogP contribution >= 0.6 is 15.9 Å². The maximum atomic E-state index is 13.7. The minimum atomic E-state index is -1.18. The van der Waals surface area contributed by atoms with Crippen LogP contribution in [0.3, 0.4) is 0 Å². The van der Waals surface area contributed by atoms with E-state index in [1.807, 2.05) is 36.4 Å². The normalized spacial score (nSPS) is 16.8. The van der Waals surface area contributed by atoms with E-state index in [1.54, 1.807) is 43.6 Å². The first-order valence-electron chi connectivity index (χ1n) is 13.8. The number of aromatic nitrogens is 2. The molecule has 2 heterocycles. The molecule has 0 bridgehead atoms. The van der Waals surface area contributed by atoms with Gasteiger partial charge in [-0.15, -0.1) is 0 Å². The number of halogens is 1. The SMILES string of the molecule is CC(C)(C)NC(=O)C(=O)[C@H](C[C@@H]1CCCC1=O)NC(=O)[C@@H](CC(=O)c1cn2cc(Br)ccc2n1)Cc1ccccc1. The van der Waals surface area contributed by atoms with E-state index >= 15 is 0 Å². The quantitative estimate of drug-likeness (QED) is 0.243. The van der Waals surface area contributed by atoms with E-state index in [0.29, 0.717) is 24.9 Å². The Balaban J connectivity index is 1.58. The van der Waals surface area contributed by atoms with Crippen LogP contribution in [0.2, 0.25) is 0 Å². The molecule has 0 spiro atoms. The van der Waals surface area contributed by atoms with Crippen molar-refractivity contribution < 1.29 is 24.0 Å². The van der Waals surface area contributed by atoms with E-state index in [0.717, 1.165) is 10.0 Å². The van der Waals surface area contributed by atoms with E-state index < -0.39 is 41.0 Å². The van der Waals surface area contributed by atoms with E-state index in [9.17, 15) is 24.0 Å². The van der Waals surface area contributed by atoms with Crippen molar-refractivity contribution in [1.82, 2.24) is 20.0 Å². The smallest absolute Gasteiger partial charge is 0.290 e. The molecule has 0 saturated heterocycles. The first-order valence-corrected chi connectivity index (χ1v) is 14.6. The highest BCUT2D eigenvalue weighted by atomic mass is 79.9. The highest BCUT2D eigenvalue weighted by Gasteiger charge is 2.36. The van der Waals surface area contributed by atoms with Crippen LogP contribution < -0.4 is 10.6 Å². The summed E-state index contributed by atoms with van der Waals surface area (Å²) in [5, 5.41) is 5.41. The van der Waals surface area contributed by atoms with E-state index in [1.165, 1.54) is 0 Å². The van der Waals surface area contributed by atoms with E-state index in [4.69, 9.17) is 0 Å². The topological polar surface area (TPSA) is 127 Å². The summed E-state index contributed by atoms with van der Waals surface area (Å²) in [6.45, 7) is 5.27. The molecule has 0 unspecified atom stereocenters. The summed E-state index contributed by atoms with van der Waals surface area (Å²) in [7, 11) is 0. The monoisotopic (exact) mass is 622 g/mol. The second-order valence-electron chi connectivity index (χ2n) is 11.7. The molecule has 0 aliphatic heterocycles. The van der Waals surface area contributed by atoms with Crippen molar-refractivity contribution in [2.24, 2.45) is 11.8 Å². The summed E-state index contributed by atoms with van der Waals surface area (Å²) in [5.74, 6) is -3.67. The van der Waals surface area contributed by atoms with E-state index in [2.05, 4.69) is 31.5 Å². The lowest BCUT2D eigenvalue weighted by atomic mass is 9.90. The zero-order valence-corrected chi connectivity index (χ0v) is 25.1. The Morgan fingerprint density at radius 2 is 1.80 bits per heavy atom. The highest BCUT2D eigenvalue weighted by molar-refractivity contribution is 9.10. The lowest BCUT2D eigenvalue weighted by Gasteiger charge is -2.25. The molecule has 2 N–H and O–H groups in total. The number of carbonyl (C=O) groups excluding carboxylic acids is 5. The van der Waals surface area contributed by atoms with Gasteiger partial charge in [-0.1, -0.05) is 30.3 Å². The molecule has 1 saturated carbocycles. The molecule has 1 fully saturated rings. The van der Waals surface area contributed by atoms with Crippen LogP contribution in [0.5, 0.6) is 0 Å². The van der Waals surface area contributed by atoms with Gasteiger partial charge in [-0.2, -0.15) is 0 Å². The van der Waals surface area contributed by atoms with Gasteiger partial charge >= 0.3 is 0 Å². The molecule has 1 aliphatic carbocycles. The fourth-order valence-corrected chi connectivity index (χ4v) is 5.44. The number of pyridine rings is 1. The van der Waals surface area contributed by atoms with Crippen molar-refractivity contribution in [3.63, 3.8) is 0 Å². The van der Waals surface area contributed by atoms with Crippen LogP contribution in [0, 0.1) is 11.8 Å².